The number of nitrogens with zero attached hydrogens (tertiary/aromatic N) is 2. The van der Waals surface area contributed by atoms with Gasteiger partial charge < -0.3 is 29.5 Å². The molecule has 9 heteroatoms. The summed E-state index contributed by atoms with van der Waals surface area (Å²) in [5.74, 6) is 2.88. The van der Waals surface area contributed by atoms with Gasteiger partial charge in [-0.25, -0.2) is 0 Å². The van der Waals surface area contributed by atoms with Gasteiger partial charge in [0.1, 0.15) is 6.10 Å². The molecule has 0 radical (unpaired) electrons. The van der Waals surface area contributed by atoms with Crippen LogP contribution >= 0.6 is 13.5 Å². The van der Waals surface area contributed by atoms with E-state index >= 15 is 0 Å². The van der Waals surface area contributed by atoms with E-state index in [-0.39, 0.29) is 50.1 Å². The number of likely N-dealkylation sites (tertiary alicyclic amines) is 1. The van der Waals surface area contributed by atoms with Crippen LogP contribution in [0.25, 0.3) is 0 Å². The van der Waals surface area contributed by atoms with Crippen molar-refractivity contribution >= 4 is 13.5 Å². The van der Waals surface area contributed by atoms with Crippen LogP contribution in [0, 0.1) is 45.3 Å². The van der Waals surface area contributed by atoms with Gasteiger partial charge in [0.15, 0.2) is 6.29 Å². The first-order chi connectivity index (χ1) is 22.6. The van der Waals surface area contributed by atoms with Crippen molar-refractivity contribution < 1.29 is 29.5 Å². The first-order valence-electron chi connectivity index (χ1n) is 20.0. The lowest BCUT2D eigenvalue weighted by atomic mass is 9.46. The van der Waals surface area contributed by atoms with Crippen molar-refractivity contribution in [2.75, 3.05) is 39.4 Å². The molecule has 3 aliphatic heterocycles. The Balaban J connectivity index is 0.00000101. The zero-order valence-corrected chi connectivity index (χ0v) is 33.1. The number of morpholine rings is 1. The van der Waals surface area contributed by atoms with E-state index < -0.39 is 11.7 Å². The molecule has 0 aromatic heterocycles. The number of aliphatic hydroxyl groups excluding tert-OH is 2. The van der Waals surface area contributed by atoms with Crippen LogP contribution in [0.15, 0.2) is 0 Å². The van der Waals surface area contributed by atoms with Crippen molar-refractivity contribution in [2.24, 2.45) is 45.3 Å². The second kappa shape index (κ2) is 13.7. The zero-order chi connectivity index (χ0) is 34.4. The SMILES string of the molecule is CC(C)N1CC(N2CCOC(O[C@H]3CC[C@]45C[C@]46CC[C@]4(C)C7CCC([C@H](O)C(C)(C)O)OC7CC4C6CCC5C3(C)C)C2)C1.CCO.S. The van der Waals surface area contributed by atoms with Gasteiger partial charge in [-0.15, -0.1) is 0 Å². The molecule has 49 heavy (non-hydrogen) atoms. The van der Waals surface area contributed by atoms with Crippen molar-refractivity contribution in [1.29, 1.82) is 0 Å². The highest BCUT2D eigenvalue weighted by molar-refractivity contribution is 7.59. The van der Waals surface area contributed by atoms with E-state index in [9.17, 15) is 10.2 Å². The van der Waals surface area contributed by atoms with Crippen LogP contribution in [0.3, 0.4) is 0 Å². The summed E-state index contributed by atoms with van der Waals surface area (Å²) in [6.07, 6.45) is 11.9. The molecule has 284 valence electrons. The van der Waals surface area contributed by atoms with Crippen molar-refractivity contribution in [1.82, 2.24) is 9.80 Å². The Morgan fingerprint density at radius 1 is 0.918 bits per heavy atom. The van der Waals surface area contributed by atoms with Crippen LogP contribution in [0.2, 0.25) is 0 Å². The van der Waals surface area contributed by atoms with Crippen molar-refractivity contribution in [3.05, 3.63) is 0 Å². The normalized spacial score (nSPS) is 46.8. The standard InChI is InChI=1S/C38H64N2O5.C2H6O.H2S/c1-23(2)40-19-24(20-40)39-16-17-43-32(21-39)45-31-12-13-38-22-37(38)15-14-36(7)26-8-10-28(33(41)35(5,6)42)44-29(26)18-27(36)25(37)9-11-30(38)34(31,3)4;1-2-3;/h23-33,41-42H,8-22H2,1-7H3;3H,2H2,1H3;1H2/t25?,26?,27?,28?,29?,30?,31-,32?,33-,36+,37-,38+;;/m0../s1. The topological polar surface area (TPSA) is 94.9 Å². The van der Waals surface area contributed by atoms with Gasteiger partial charge in [0, 0.05) is 44.9 Å². The Bertz CT molecular complexity index is 1160. The highest BCUT2D eigenvalue weighted by Gasteiger charge is 2.80. The third-order valence-corrected chi connectivity index (χ3v) is 16.2. The Kier molecular flexibility index (Phi) is 10.8. The lowest BCUT2D eigenvalue weighted by Gasteiger charge is -2.60. The molecule has 8 rings (SSSR count). The average molecular weight is 709 g/mol. The molecule has 3 N–H and O–H groups in total. The minimum atomic E-state index is -1.13. The van der Waals surface area contributed by atoms with Crippen LogP contribution in [0.5, 0.6) is 0 Å². The van der Waals surface area contributed by atoms with Crippen molar-refractivity contribution in [2.45, 2.75) is 168 Å². The van der Waals surface area contributed by atoms with Crippen molar-refractivity contribution in [3.63, 3.8) is 0 Å². The summed E-state index contributed by atoms with van der Waals surface area (Å²) < 4.78 is 20.0. The van der Waals surface area contributed by atoms with Gasteiger partial charge in [-0.05, 0) is 144 Å². The van der Waals surface area contributed by atoms with E-state index in [4.69, 9.17) is 19.3 Å². The molecule has 0 bridgehead atoms. The Morgan fingerprint density at radius 2 is 1.61 bits per heavy atom. The maximum absolute atomic E-state index is 10.9. The Hall–Kier alpha value is 0.0300. The predicted octanol–water partition coefficient (Wildman–Crippen LogP) is 5.57. The van der Waals surface area contributed by atoms with Gasteiger partial charge in [-0.1, -0.05) is 20.8 Å². The summed E-state index contributed by atoms with van der Waals surface area (Å²) in [7, 11) is 0. The molecular weight excluding hydrogens is 637 g/mol. The van der Waals surface area contributed by atoms with Crippen LogP contribution in [-0.4, -0.2) is 113 Å². The molecule has 8 fully saturated rings. The minimum absolute atomic E-state index is 0. The molecule has 12 atom stereocenters. The van der Waals surface area contributed by atoms with Gasteiger partial charge in [0.25, 0.3) is 0 Å². The summed E-state index contributed by atoms with van der Waals surface area (Å²) in [5.41, 5.74) is 0.415. The molecule has 5 saturated carbocycles. The second-order valence-electron chi connectivity index (χ2n) is 19.4. The highest BCUT2D eigenvalue weighted by atomic mass is 32.1. The van der Waals surface area contributed by atoms with Gasteiger partial charge >= 0.3 is 0 Å². The van der Waals surface area contributed by atoms with Gasteiger partial charge in [-0.3, -0.25) is 9.80 Å². The number of rotatable bonds is 6. The summed E-state index contributed by atoms with van der Waals surface area (Å²) >= 11 is 0. The van der Waals surface area contributed by atoms with Gasteiger partial charge in [0.2, 0.25) is 0 Å². The lowest BCUT2D eigenvalue weighted by molar-refractivity contribution is -0.250. The number of aliphatic hydroxyl groups is 3. The van der Waals surface area contributed by atoms with E-state index in [1.807, 2.05) is 0 Å². The number of fused-ring (bicyclic) bond motifs is 4. The van der Waals surface area contributed by atoms with Gasteiger partial charge in [-0.2, -0.15) is 13.5 Å². The number of ether oxygens (including phenoxy) is 3. The Morgan fingerprint density at radius 3 is 2.29 bits per heavy atom. The van der Waals surface area contributed by atoms with E-state index in [0.717, 1.165) is 56.7 Å². The molecule has 5 aliphatic carbocycles. The fourth-order valence-corrected chi connectivity index (χ4v) is 13.6. The second-order valence-corrected chi connectivity index (χ2v) is 19.4. The smallest absolute Gasteiger partial charge is 0.170 e. The Labute approximate surface area is 304 Å². The molecule has 0 amide bonds. The fraction of sp³-hybridized carbons (Fsp3) is 1.00. The lowest BCUT2D eigenvalue weighted by Crippen LogP contribution is -2.64. The molecule has 0 aromatic carbocycles. The summed E-state index contributed by atoms with van der Waals surface area (Å²) in [6.45, 7) is 22.8. The summed E-state index contributed by atoms with van der Waals surface area (Å²) in [6, 6.07) is 1.30. The number of hydrogen-bond acceptors (Lipinski definition) is 8. The molecular formula is C40H72N2O6S. The zero-order valence-electron chi connectivity index (χ0n) is 32.1. The minimum Gasteiger partial charge on any atom is -0.397 e. The fourth-order valence-electron chi connectivity index (χ4n) is 13.6. The van der Waals surface area contributed by atoms with Crippen LogP contribution in [0.4, 0.5) is 0 Å². The molecule has 8 aliphatic rings. The summed E-state index contributed by atoms with van der Waals surface area (Å²) in [5, 5.41) is 29.0. The van der Waals surface area contributed by atoms with Gasteiger partial charge in [0.05, 0.1) is 30.5 Å². The maximum Gasteiger partial charge on any atom is 0.170 e. The molecule has 2 spiro atoms. The highest BCUT2D eigenvalue weighted by Crippen LogP contribution is 2.87. The maximum atomic E-state index is 10.9. The first kappa shape index (κ1) is 38.7. The summed E-state index contributed by atoms with van der Waals surface area (Å²) in [4.78, 5) is 5.21. The van der Waals surface area contributed by atoms with E-state index in [1.165, 1.54) is 58.0 Å². The molecule has 8 nitrogen and oxygen atoms in total. The largest absolute Gasteiger partial charge is 0.397 e. The number of hydrogen-bond donors (Lipinski definition) is 3. The monoisotopic (exact) mass is 709 g/mol. The van der Waals surface area contributed by atoms with Crippen molar-refractivity contribution in [3.8, 4) is 0 Å². The van der Waals surface area contributed by atoms with E-state index in [0.29, 0.717) is 34.2 Å². The third-order valence-electron chi connectivity index (χ3n) is 16.2. The van der Waals surface area contributed by atoms with Crippen LogP contribution in [-0.2, 0) is 14.2 Å². The van der Waals surface area contributed by atoms with E-state index in [1.54, 1.807) is 20.8 Å². The van der Waals surface area contributed by atoms with Crippen LogP contribution in [0.1, 0.15) is 120 Å². The predicted molar refractivity (Wildman–Crippen MR) is 198 cm³/mol. The van der Waals surface area contributed by atoms with Crippen LogP contribution < -0.4 is 0 Å². The first-order valence-corrected chi connectivity index (χ1v) is 20.0. The average Bonchev–Trinajstić information content (AvgIpc) is 3.57. The molecule has 0 aromatic rings. The quantitative estimate of drug-likeness (QED) is 0.330. The third kappa shape index (κ3) is 6.21. The molecule has 7 unspecified atom stereocenters. The molecule has 3 saturated heterocycles. The molecule has 3 heterocycles. The van der Waals surface area contributed by atoms with E-state index in [2.05, 4.69) is 44.4 Å².